The van der Waals surface area contributed by atoms with Crippen LogP contribution in [0.4, 0.5) is 0 Å². The van der Waals surface area contributed by atoms with Crippen molar-refractivity contribution in [1.29, 1.82) is 0 Å². The molecule has 0 saturated heterocycles. The van der Waals surface area contributed by atoms with Crippen LogP contribution < -0.4 is 10.0 Å². The number of nitrogens with zero attached hydrogens (tertiary/aromatic N) is 2. The molecule has 0 saturated carbocycles. The number of H-pyrrole nitrogens is 1. The van der Waals surface area contributed by atoms with Gasteiger partial charge in [-0.1, -0.05) is 0 Å². The van der Waals surface area contributed by atoms with Crippen LogP contribution in [0.15, 0.2) is 5.03 Å². The third-order valence-corrected chi connectivity index (χ3v) is 4.71. The van der Waals surface area contributed by atoms with Gasteiger partial charge in [-0.3, -0.25) is 5.10 Å². The number of hydrogen-bond acceptors (Lipinski definition) is 5. The number of likely N-dealkylation sites (N-methyl/N-ethyl adjacent to an activating group) is 1. The van der Waals surface area contributed by atoms with Gasteiger partial charge in [-0.25, -0.2) is 13.1 Å². The first-order chi connectivity index (χ1) is 9.29. The van der Waals surface area contributed by atoms with Gasteiger partial charge in [-0.2, -0.15) is 5.10 Å². The summed E-state index contributed by atoms with van der Waals surface area (Å²) in [4.78, 5) is 2.08. The number of sulfonamides is 1. The summed E-state index contributed by atoms with van der Waals surface area (Å²) in [6, 6.07) is 0.381. The molecule has 1 aromatic rings. The minimum absolute atomic E-state index is 0.0801. The van der Waals surface area contributed by atoms with Crippen molar-refractivity contribution in [2.24, 2.45) is 0 Å². The van der Waals surface area contributed by atoms with E-state index in [9.17, 15) is 8.42 Å². The molecule has 1 aromatic heterocycles. The minimum Gasteiger partial charge on any atom is -0.316 e. The van der Waals surface area contributed by atoms with E-state index in [1.807, 2.05) is 14.0 Å². The lowest BCUT2D eigenvalue weighted by Crippen LogP contribution is -2.36. The summed E-state index contributed by atoms with van der Waals surface area (Å²) in [5.74, 6) is 0. The molecule has 0 aliphatic heterocycles. The third kappa shape index (κ3) is 4.27. The van der Waals surface area contributed by atoms with Crippen molar-refractivity contribution in [2.45, 2.75) is 38.4 Å². The van der Waals surface area contributed by atoms with E-state index in [1.54, 1.807) is 7.05 Å². The summed E-state index contributed by atoms with van der Waals surface area (Å²) in [7, 11) is 0.161. The summed E-state index contributed by atoms with van der Waals surface area (Å²) >= 11 is 0. The zero-order valence-corrected chi connectivity index (χ0v) is 13.6. The number of aromatic amines is 1. The average molecular weight is 303 g/mol. The Morgan fingerprint density at radius 3 is 2.60 bits per heavy atom. The van der Waals surface area contributed by atoms with Crippen LogP contribution in [-0.2, 0) is 16.6 Å². The predicted molar refractivity (Wildman–Crippen MR) is 79.0 cm³/mol. The number of rotatable bonds is 8. The highest BCUT2D eigenvalue weighted by Gasteiger charge is 2.23. The second kappa shape index (κ2) is 7.16. The molecule has 3 N–H and O–H groups in total. The lowest BCUT2D eigenvalue weighted by molar-refractivity contribution is 0.278. The molecule has 0 unspecified atom stereocenters. The van der Waals surface area contributed by atoms with Crippen molar-refractivity contribution in [1.82, 2.24) is 25.1 Å². The Labute approximate surface area is 121 Å². The van der Waals surface area contributed by atoms with Crippen molar-refractivity contribution in [3.8, 4) is 0 Å². The Morgan fingerprint density at radius 1 is 1.40 bits per heavy atom. The number of nitrogens with one attached hydrogen (secondary N) is 3. The van der Waals surface area contributed by atoms with Gasteiger partial charge in [0.2, 0.25) is 0 Å². The lowest BCUT2D eigenvalue weighted by atomic mass is 10.3. The number of aryl methyl sites for hydroxylation is 1. The normalized spacial score (nSPS) is 12.6. The quantitative estimate of drug-likeness (QED) is 0.632. The molecule has 0 aliphatic rings. The van der Waals surface area contributed by atoms with Crippen LogP contribution in [0.25, 0.3) is 0 Å². The van der Waals surface area contributed by atoms with Crippen molar-refractivity contribution in [2.75, 3.05) is 27.2 Å². The van der Waals surface area contributed by atoms with E-state index in [0.717, 1.165) is 5.69 Å². The van der Waals surface area contributed by atoms with Crippen LogP contribution in [0.1, 0.15) is 25.1 Å². The van der Waals surface area contributed by atoms with Gasteiger partial charge in [0.15, 0.2) is 5.03 Å². The summed E-state index contributed by atoms with van der Waals surface area (Å²) in [6.45, 7) is 7.42. The smallest absolute Gasteiger partial charge is 0.260 e. The number of aromatic nitrogens is 2. The molecule has 0 radical (unpaired) electrons. The van der Waals surface area contributed by atoms with E-state index >= 15 is 0 Å². The second-order valence-corrected chi connectivity index (χ2v) is 6.82. The van der Waals surface area contributed by atoms with Gasteiger partial charge in [0.25, 0.3) is 10.0 Å². The van der Waals surface area contributed by atoms with Gasteiger partial charge in [0, 0.05) is 36.9 Å². The van der Waals surface area contributed by atoms with Gasteiger partial charge in [-0.15, -0.1) is 0 Å². The predicted octanol–water partition coefficient (Wildman–Crippen LogP) is 0.0560. The molecule has 8 heteroatoms. The third-order valence-electron chi connectivity index (χ3n) is 3.28. The maximum Gasteiger partial charge on any atom is 0.260 e. The zero-order chi connectivity index (χ0) is 15.3. The first-order valence-electron chi connectivity index (χ1n) is 6.68. The van der Waals surface area contributed by atoms with Crippen LogP contribution in [0, 0.1) is 6.92 Å². The Balaban J connectivity index is 2.74. The monoisotopic (exact) mass is 303 g/mol. The molecule has 0 aliphatic carbocycles. The van der Waals surface area contributed by atoms with Gasteiger partial charge in [0.05, 0.1) is 0 Å². The highest BCUT2D eigenvalue weighted by Crippen LogP contribution is 2.15. The lowest BCUT2D eigenvalue weighted by Gasteiger charge is -2.20. The van der Waals surface area contributed by atoms with Crippen LogP contribution >= 0.6 is 0 Å². The van der Waals surface area contributed by atoms with E-state index in [-0.39, 0.29) is 5.03 Å². The van der Waals surface area contributed by atoms with Crippen LogP contribution in [-0.4, -0.2) is 56.7 Å². The molecular weight excluding hydrogens is 278 g/mol. The minimum atomic E-state index is -3.57. The molecule has 0 bridgehead atoms. The molecule has 0 aromatic carbocycles. The SMILES string of the molecule is CNCc1c(S(=O)(=O)NCCN(C)C(C)C)n[nH]c1C. The molecule has 20 heavy (non-hydrogen) atoms. The highest BCUT2D eigenvalue weighted by molar-refractivity contribution is 7.89. The largest absolute Gasteiger partial charge is 0.316 e. The van der Waals surface area contributed by atoms with Gasteiger partial charge in [0.1, 0.15) is 0 Å². The topological polar surface area (TPSA) is 90.1 Å². The summed E-state index contributed by atoms with van der Waals surface area (Å²) < 4.78 is 27.1. The maximum atomic E-state index is 12.3. The van der Waals surface area contributed by atoms with Gasteiger partial charge < -0.3 is 10.2 Å². The van der Waals surface area contributed by atoms with Crippen LogP contribution in [0.5, 0.6) is 0 Å². The van der Waals surface area contributed by atoms with Crippen LogP contribution in [0.3, 0.4) is 0 Å². The van der Waals surface area contributed by atoms with Crippen molar-refractivity contribution in [3.05, 3.63) is 11.3 Å². The van der Waals surface area contributed by atoms with Crippen molar-refractivity contribution >= 4 is 10.0 Å². The Bertz CT molecular complexity index is 524. The molecule has 0 atom stereocenters. The molecule has 0 amide bonds. The number of hydrogen-bond donors (Lipinski definition) is 3. The maximum absolute atomic E-state index is 12.3. The Kier molecular flexibility index (Phi) is 6.12. The van der Waals surface area contributed by atoms with Crippen molar-refractivity contribution < 1.29 is 8.42 Å². The summed E-state index contributed by atoms with van der Waals surface area (Å²) in [6.07, 6.45) is 0. The van der Waals surface area contributed by atoms with E-state index in [4.69, 9.17) is 0 Å². The molecule has 1 rings (SSSR count). The van der Waals surface area contributed by atoms with E-state index in [2.05, 4.69) is 39.0 Å². The highest BCUT2D eigenvalue weighted by atomic mass is 32.2. The van der Waals surface area contributed by atoms with Gasteiger partial charge >= 0.3 is 0 Å². The molecule has 1 heterocycles. The molecule has 0 fully saturated rings. The first-order valence-corrected chi connectivity index (χ1v) is 8.16. The fourth-order valence-corrected chi connectivity index (χ4v) is 2.93. The Hall–Kier alpha value is -0.960. The van der Waals surface area contributed by atoms with Crippen molar-refractivity contribution in [3.63, 3.8) is 0 Å². The van der Waals surface area contributed by atoms with Gasteiger partial charge in [-0.05, 0) is 34.9 Å². The van der Waals surface area contributed by atoms with E-state index in [1.165, 1.54) is 0 Å². The second-order valence-electron chi connectivity index (χ2n) is 5.13. The fraction of sp³-hybridized carbons (Fsp3) is 0.750. The first kappa shape index (κ1) is 17.1. The van der Waals surface area contributed by atoms with E-state index in [0.29, 0.717) is 31.2 Å². The molecule has 7 nitrogen and oxygen atoms in total. The fourth-order valence-electron chi connectivity index (χ4n) is 1.72. The average Bonchev–Trinajstić information content (AvgIpc) is 2.72. The summed E-state index contributed by atoms with van der Waals surface area (Å²) in [5.41, 5.74) is 1.44. The standard InChI is InChI=1S/C12H25N5O2S/c1-9(2)17(5)7-6-14-20(18,19)12-11(8-13-4)10(3)15-16-12/h9,13-14H,6-8H2,1-5H3,(H,15,16). The Morgan fingerprint density at radius 2 is 2.05 bits per heavy atom. The molecule has 116 valence electrons. The zero-order valence-electron chi connectivity index (χ0n) is 12.8. The molecular formula is C12H25N5O2S. The van der Waals surface area contributed by atoms with E-state index < -0.39 is 10.0 Å². The van der Waals surface area contributed by atoms with Crippen LogP contribution in [0.2, 0.25) is 0 Å². The summed E-state index contributed by atoms with van der Waals surface area (Å²) in [5, 5.41) is 9.67. The molecule has 0 spiro atoms.